The van der Waals surface area contributed by atoms with Crippen molar-refractivity contribution in [2.45, 2.75) is 18.9 Å². The molecule has 2 aromatic heterocycles. The maximum absolute atomic E-state index is 14.9. The van der Waals surface area contributed by atoms with E-state index in [9.17, 15) is 18.4 Å². The van der Waals surface area contributed by atoms with E-state index in [1.54, 1.807) is 42.6 Å². The Morgan fingerprint density at radius 1 is 1.06 bits per heavy atom. The van der Waals surface area contributed by atoms with E-state index in [-0.39, 0.29) is 29.1 Å². The quantitative estimate of drug-likeness (QED) is 0.390. The highest BCUT2D eigenvalue weighted by Crippen LogP contribution is 2.29. The molecule has 172 valence electrons. The van der Waals surface area contributed by atoms with Crippen molar-refractivity contribution in [2.24, 2.45) is 5.73 Å². The smallest absolute Gasteiger partial charge is 0.252 e. The third-order valence-corrected chi connectivity index (χ3v) is 5.44. The van der Waals surface area contributed by atoms with E-state index < -0.39 is 23.2 Å². The molecule has 2 amide bonds. The maximum atomic E-state index is 14.9. The second kappa shape index (κ2) is 9.22. The summed E-state index contributed by atoms with van der Waals surface area (Å²) in [4.78, 5) is 29.7. The van der Waals surface area contributed by atoms with Crippen LogP contribution in [0.15, 0.2) is 72.9 Å². The van der Waals surface area contributed by atoms with Crippen LogP contribution in [0, 0.1) is 11.6 Å². The highest BCUT2D eigenvalue weighted by molar-refractivity contribution is 6.03. The average molecular weight is 461 g/mol. The highest BCUT2D eigenvalue weighted by Gasteiger charge is 2.35. The van der Waals surface area contributed by atoms with Gasteiger partial charge in [0.1, 0.15) is 17.2 Å². The van der Waals surface area contributed by atoms with E-state index >= 15 is 0 Å². The van der Waals surface area contributed by atoms with Crippen molar-refractivity contribution in [2.75, 3.05) is 0 Å². The first-order valence-electron chi connectivity index (χ1n) is 10.4. The molecule has 0 spiro atoms. The van der Waals surface area contributed by atoms with Crippen molar-refractivity contribution in [1.82, 2.24) is 20.5 Å². The fraction of sp³-hybridized carbons (Fsp3) is 0.120. The van der Waals surface area contributed by atoms with E-state index in [2.05, 4.69) is 20.5 Å². The number of hydrogen-bond donors (Lipinski definition) is 3. The van der Waals surface area contributed by atoms with Gasteiger partial charge in [0, 0.05) is 18.3 Å². The summed E-state index contributed by atoms with van der Waals surface area (Å²) in [7, 11) is 0. The lowest BCUT2D eigenvalue weighted by Gasteiger charge is -2.27. The predicted molar refractivity (Wildman–Crippen MR) is 122 cm³/mol. The molecule has 2 aromatic carbocycles. The summed E-state index contributed by atoms with van der Waals surface area (Å²) >= 11 is 0. The summed E-state index contributed by atoms with van der Waals surface area (Å²) in [6, 6.07) is 16.5. The van der Waals surface area contributed by atoms with E-state index in [0.29, 0.717) is 17.0 Å². The van der Waals surface area contributed by atoms with Gasteiger partial charge in [-0.05, 0) is 67.1 Å². The summed E-state index contributed by atoms with van der Waals surface area (Å²) in [5.74, 6) is -2.52. The molecule has 1 unspecified atom stereocenters. The van der Waals surface area contributed by atoms with Crippen molar-refractivity contribution in [3.05, 3.63) is 95.8 Å². The monoisotopic (exact) mass is 461 g/mol. The Bertz CT molecular complexity index is 1340. The molecule has 0 saturated carbocycles. The van der Waals surface area contributed by atoms with Gasteiger partial charge >= 0.3 is 0 Å². The van der Waals surface area contributed by atoms with E-state index in [4.69, 9.17) is 5.73 Å². The summed E-state index contributed by atoms with van der Waals surface area (Å²) in [5.41, 5.74) is 5.94. The Labute approximate surface area is 194 Å². The molecule has 34 heavy (non-hydrogen) atoms. The van der Waals surface area contributed by atoms with Crippen LogP contribution in [0.5, 0.6) is 0 Å². The van der Waals surface area contributed by atoms with Gasteiger partial charge in [-0.1, -0.05) is 12.1 Å². The van der Waals surface area contributed by atoms with Crippen LogP contribution in [-0.4, -0.2) is 32.5 Å². The van der Waals surface area contributed by atoms with Crippen molar-refractivity contribution >= 4 is 11.8 Å². The van der Waals surface area contributed by atoms with Gasteiger partial charge in [0.2, 0.25) is 5.91 Å². The topological polar surface area (TPSA) is 114 Å². The number of nitrogens with zero attached hydrogens (tertiary/aromatic N) is 2. The highest BCUT2D eigenvalue weighted by atomic mass is 19.1. The lowest BCUT2D eigenvalue weighted by Crippen LogP contribution is -2.57. The van der Waals surface area contributed by atoms with Gasteiger partial charge in [-0.15, -0.1) is 0 Å². The summed E-state index contributed by atoms with van der Waals surface area (Å²) in [5, 5.41) is 9.57. The lowest BCUT2D eigenvalue weighted by atomic mass is 9.93. The molecule has 2 heterocycles. The molecule has 4 aromatic rings. The zero-order valence-corrected chi connectivity index (χ0v) is 18.2. The number of aromatic nitrogens is 3. The number of pyridine rings is 1. The Kier molecular flexibility index (Phi) is 6.18. The molecule has 0 fully saturated rings. The van der Waals surface area contributed by atoms with Crippen LogP contribution in [-0.2, 0) is 11.2 Å². The second-order valence-corrected chi connectivity index (χ2v) is 7.98. The minimum atomic E-state index is -1.47. The number of nitrogens with one attached hydrogen (secondary N) is 2. The van der Waals surface area contributed by atoms with Gasteiger partial charge in [0.25, 0.3) is 5.91 Å². The fourth-order valence-electron chi connectivity index (χ4n) is 3.58. The largest absolute Gasteiger partial charge is 0.368 e. The third-order valence-electron chi connectivity index (χ3n) is 5.44. The average Bonchev–Trinajstić information content (AvgIpc) is 3.29. The van der Waals surface area contributed by atoms with E-state index in [0.717, 1.165) is 0 Å². The molecule has 0 aliphatic carbocycles. The van der Waals surface area contributed by atoms with Gasteiger partial charge in [-0.25, -0.2) is 8.78 Å². The van der Waals surface area contributed by atoms with E-state index in [1.807, 2.05) is 0 Å². The number of hydrogen-bond acceptors (Lipinski definition) is 4. The lowest BCUT2D eigenvalue weighted by molar-refractivity contribution is -0.123. The number of amides is 2. The molecule has 1 atom stereocenters. The van der Waals surface area contributed by atoms with Crippen LogP contribution in [0.1, 0.15) is 23.0 Å². The number of aromatic amines is 1. The first-order valence-corrected chi connectivity index (χ1v) is 10.4. The Morgan fingerprint density at radius 2 is 1.82 bits per heavy atom. The van der Waals surface area contributed by atoms with Crippen LogP contribution in [0.4, 0.5) is 8.78 Å². The molecule has 9 heteroatoms. The van der Waals surface area contributed by atoms with Crippen LogP contribution in [0.25, 0.3) is 22.5 Å². The van der Waals surface area contributed by atoms with Crippen LogP contribution in [0.2, 0.25) is 0 Å². The second-order valence-electron chi connectivity index (χ2n) is 7.98. The molecule has 7 nitrogen and oxygen atoms in total. The van der Waals surface area contributed by atoms with Crippen LogP contribution >= 0.6 is 0 Å². The van der Waals surface area contributed by atoms with Gasteiger partial charge in [-0.3, -0.25) is 19.7 Å². The number of H-pyrrole nitrogens is 1. The molecule has 0 radical (unpaired) electrons. The summed E-state index contributed by atoms with van der Waals surface area (Å²) in [6.45, 7) is 1.49. The fourth-order valence-corrected chi connectivity index (χ4v) is 3.58. The predicted octanol–water partition coefficient (Wildman–Crippen LogP) is 3.63. The number of rotatable bonds is 7. The van der Waals surface area contributed by atoms with Crippen LogP contribution in [0.3, 0.4) is 0 Å². The number of carbonyl (C=O) groups is 2. The number of benzene rings is 2. The third kappa shape index (κ3) is 4.68. The van der Waals surface area contributed by atoms with Crippen molar-refractivity contribution in [3.63, 3.8) is 0 Å². The minimum absolute atomic E-state index is 0.0225. The van der Waals surface area contributed by atoms with Crippen molar-refractivity contribution in [3.8, 4) is 22.5 Å². The van der Waals surface area contributed by atoms with Gasteiger partial charge < -0.3 is 11.1 Å². The molecule has 0 aliphatic heterocycles. The van der Waals surface area contributed by atoms with Gasteiger partial charge in [0.15, 0.2) is 0 Å². The van der Waals surface area contributed by atoms with Crippen molar-refractivity contribution < 1.29 is 18.4 Å². The molecular weight excluding hydrogens is 440 g/mol. The number of carbonyl (C=O) groups excluding carboxylic acids is 2. The molecule has 0 bridgehead atoms. The summed E-state index contributed by atoms with van der Waals surface area (Å²) < 4.78 is 28.2. The SMILES string of the molecule is CC(Cc1ccccn1)(NC(=O)c1cccc(F)c1-c1cc(-c2ccc(F)cc2)[nH]n1)C(N)=O. The Morgan fingerprint density at radius 3 is 2.50 bits per heavy atom. The standard InChI is InChI=1S/C25H21F2N5O2/c1-25(24(28)34,14-17-5-2-3-12-29-17)30-23(33)18-6-4-7-19(27)22(18)21-13-20(31-32-21)15-8-10-16(26)11-9-15/h2-13H,14H2,1H3,(H2,28,34)(H,30,33)(H,31,32). The Hall–Kier alpha value is -4.40. The zero-order chi connectivity index (χ0) is 24.3. The molecule has 4 rings (SSSR count). The molecular formula is C25H21F2N5O2. The summed E-state index contributed by atoms with van der Waals surface area (Å²) in [6.07, 6.45) is 1.62. The van der Waals surface area contributed by atoms with Crippen LogP contribution < -0.4 is 11.1 Å². The minimum Gasteiger partial charge on any atom is -0.368 e. The molecule has 4 N–H and O–H groups in total. The first kappa shape index (κ1) is 22.8. The first-order chi connectivity index (χ1) is 16.3. The van der Waals surface area contributed by atoms with Crippen molar-refractivity contribution in [1.29, 1.82) is 0 Å². The maximum Gasteiger partial charge on any atom is 0.252 e. The van der Waals surface area contributed by atoms with E-state index in [1.165, 1.54) is 37.3 Å². The molecule has 0 aliphatic rings. The van der Waals surface area contributed by atoms with Gasteiger partial charge in [-0.2, -0.15) is 5.10 Å². The Balaban J connectivity index is 1.67. The number of nitrogens with two attached hydrogens (primary N) is 1. The zero-order valence-electron chi connectivity index (χ0n) is 18.2. The normalized spacial score (nSPS) is 12.7. The number of primary amides is 1. The number of halogens is 2. The molecule has 0 saturated heterocycles. The van der Waals surface area contributed by atoms with Gasteiger partial charge in [0.05, 0.1) is 22.5 Å².